The first-order valence-electron chi connectivity index (χ1n) is 30.4. The van der Waals surface area contributed by atoms with E-state index in [1.807, 2.05) is 62.3 Å². The maximum absolute atomic E-state index is 11.7. The molecule has 0 aromatic heterocycles. The van der Waals surface area contributed by atoms with Gasteiger partial charge < -0.3 is 61.1 Å². The lowest BCUT2D eigenvalue weighted by atomic mass is 9.90. The highest BCUT2D eigenvalue weighted by atomic mass is 16.5. The summed E-state index contributed by atoms with van der Waals surface area (Å²) in [7, 11) is 0. The summed E-state index contributed by atoms with van der Waals surface area (Å²) in [6.45, 7) is 47.1. The maximum atomic E-state index is 11.7. The number of ether oxygens (including phenoxy) is 2. The van der Waals surface area contributed by atoms with Crippen LogP contribution < -0.4 is 37.2 Å². The molecule has 0 aromatic rings. The summed E-state index contributed by atoms with van der Waals surface area (Å²) >= 11 is 0. The fourth-order valence-electron chi connectivity index (χ4n) is 7.16. The van der Waals surface area contributed by atoms with Crippen LogP contribution in [-0.2, 0) is 71.8 Å². The molecule has 0 radical (unpaired) electrons. The van der Waals surface area contributed by atoms with Crippen LogP contribution in [0.1, 0.15) is 244 Å². The Kier molecular flexibility index (Phi) is 48.9. The summed E-state index contributed by atoms with van der Waals surface area (Å²) < 4.78 is 10.6. The molecule has 7 N–H and O–H groups in total. The highest BCUT2D eigenvalue weighted by molar-refractivity contribution is 5.90. The van der Waals surface area contributed by atoms with Crippen LogP contribution >= 0.6 is 0 Å². The second-order valence-electron chi connectivity index (χ2n) is 27.7. The van der Waals surface area contributed by atoms with Crippen molar-refractivity contribution < 1.29 is 71.8 Å². The zero-order valence-corrected chi connectivity index (χ0v) is 58.5. The van der Waals surface area contributed by atoms with E-state index in [0.717, 1.165) is 13.0 Å². The monoisotopic (exact) mass is 1240 g/mol. The standard InChI is InChI=1S/C17H32N2O5.C14H25NO3.C13H24N2O3.C11H21NO2.C10H19NO2/c1-13(20)6-7-15(14(2)21)19-16(22)12-24-11-10-23-9-8-18-17(3,4)5;1-10(16)6-7-12(11(2)17)15-13(18)8-9-14(3,4)5;1-9(16)8-14-12(18)7-6-11(10(2)17)15-13(3,4)5;1-8(13)6-7-10(9(2)14)12-11(3,4)5;1-7(12)6-9(8(2)13)11-10(3,4)5/h15,18H,6-12H2,1-5H3,(H,19,22);12H,6-9H2,1-5H3,(H,15,18);11,15H,6-8H2,1-5H3,(H,14,18);10,12H,6-7H2,1-5H3;9,11H,6H2,1-5H3. The number of carbonyl (C=O) groups is 13. The van der Waals surface area contributed by atoms with Gasteiger partial charge in [-0.05, 0) is 190 Å². The fourth-order valence-corrected chi connectivity index (χ4v) is 7.16. The summed E-state index contributed by atoms with van der Waals surface area (Å²) in [6.07, 6.45) is 4.51. The molecule has 0 heterocycles. The molecular formula is C65H121N7O15. The van der Waals surface area contributed by atoms with Crippen molar-refractivity contribution in [3.63, 3.8) is 0 Å². The molecule has 0 saturated carbocycles. The summed E-state index contributed by atoms with van der Waals surface area (Å²) in [5.74, 6) is -0.706. The lowest BCUT2D eigenvalue weighted by molar-refractivity contribution is -0.130. The molecule has 0 aromatic carbocycles. The van der Waals surface area contributed by atoms with Gasteiger partial charge in [0.15, 0.2) is 11.6 Å². The molecular weight excluding hydrogens is 1120 g/mol. The molecule has 0 spiro atoms. The van der Waals surface area contributed by atoms with E-state index in [9.17, 15) is 62.3 Å². The van der Waals surface area contributed by atoms with Crippen LogP contribution in [0.3, 0.4) is 0 Å². The molecule has 0 aliphatic heterocycles. The molecule has 5 unspecified atom stereocenters. The van der Waals surface area contributed by atoms with Gasteiger partial charge in [0.2, 0.25) is 17.7 Å². The highest BCUT2D eigenvalue weighted by Crippen LogP contribution is 2.20. The van der Waals surface area contributed by atoms with Crippen LogP contribution in [0, 0.1) is 5.41 Å². The van der Waals surface area contributed by atoms with E-state index >= 15 is 0 Å². The normalized spacial score (nSPS) is 13.2. The summed E-state index contributed by atoms with van der Waals surface area (Å²) in [6, 6.07) is -2.02. The number of carbonyl (C=O) groups excluding carboxylic acids is 13. The van der Waals surface area contributed by atoms with Crippen LogP contribution in [0.25, 0.3) is 0 Å². The molecule has 0 aliphatic carbocycles. The average molecular weight is 1240 g/mol. The first-order chi connectivity index (χ1) is 39.3. The predicted molar refractivity (Wildman–Crippen MR) is 343 cm³/mol. The van der Waals surface area contributed by atoms with E-state index in [2.05, 4.69) is 78.8 Å². The first kappa shape index (κ1) is 90.6. The van der Waals surface area contributed by atoms with Gasteiger partial charge in [-0.3, -0.25) is 47.9 Å². The average Bonchev–Trinajstić information content (AvgIpc) is 3.42. The van der Waals surface area contributed by atoms with Crippen molar-refractivity contribution in [1.82, 2.24) is 37.2 Å². The van der Waals surface area contributed by atoms with Gasteiger partial charge in [-0.1, -0.05) is 20.8 Å². The highest BCUT2D eigenvalue weighted by Gasteiger charge is 2.25. The number of hydrogen-bond acceptors (Lipinski definition) is 19. The largest absolute Gasteiger partial charge is 0.378 e. The Hall–Kier alpha value is -5.13. The topological polar surface area (TPSA) is 325 Å². The third-order valence-electron chi connectivity index (χ3n) is 11.6. The van der Waals surface area contributed by atoms with Crippen LogP contribution in [0.4, 0.5) is 0 Å². The number of ketones is 10. The van der Waals surface area contributed by atoms with E-state index in [0.29, 0.717) is 64.8 Å². The predicted octanol–water partition coefficient (Wildman–Crippen LogP) is 6.94. The second-order valence-corrected chi connectivity index (χ2v) is 27.7. The van der Waals surface area contributed by atoms with Crippen molar-refractivity contribution in [2.45, 2.75) is 296 Å². The Morgan fingerprint density at radius 3 is 1.01 bits per heavy atom. The van der Waals surface area contributed by atoms with Gasteiger partial charge >= 0.3 is 0 Å². The molecule has 506 valence electrons. The van der Waals surface area contributed by atoms with Crippen molar-refractivity contribution in [3.8, 4) is 0 Å². The molecule has 0 bridgehead atoms. The number of rotatable bonds is 36. The maximum Gasteiger partial charge on any atom is 0.246 e. The van der Waals surface area contributed by atoms with Crippen LogP contribution in [0.5, 0.6) is 0 Å². The quantitative estimate of drug-likeness (QED) is 0.0312. The van der Waals surface area contributed by atoms with E-state index in [1.165, 1.54) is 55.4 Å². The van der Waals surface area contributed by atoms with E-state index in [-0.39, 0.29) is 154 Å². The third kappa shape index (κ3) is 69.8. The second kappa shape index (κ2) is 46.9. The lowest BCUT2D eigenvalue weighted by Gasteiger charge is -2.26. The van der Waals surface area contributed by atoms with Gasteiger partial charge in [0.1, 0.15) is 52.9 Å². The Morgan fingerprint density at radius 2 is 0.690 bits per heavy atom. The molecule has 0 fully saturated rings. The van der Waals surface area contributed by atoms with E-state index < -0.39 is 12.1 Å². The molecule has 22 nitrogen and oxygen atoms in total. The number of amides is 3. The Balaban J connectivity index is -0.000000327. The minimum absolute atomic E-state index is 0.00940. The molecule has 87 heavy (non-hydrogen) atoms. The van der Waals surface area contributed by atoms with Crippen molar-refractivity contribution in [1.29, 1.82) is 0 Å². The zero-order valence-electron chi connectivity index (χ0n) is 58.5. The SMILES string of the molecule is CC(=O)CC(NC(C)(C)C)C(C)=O.CC(=O)CCC(NC(=O)CCC(C)(C)C)C(C)=O.CC(=O)CCC(NC(=O)COCCOCCNC(C)(C)C)C(C)=O.CC(=O)CCC(NC(C)(C)C)C(C)=O.CC(=O)CNC(=O)CCC(NC(C)(C)C)C(C)=O. The first-order valence-corrected chi connectivity index (χ1v) is 30.4. The Bertz CT molecular complexity index is 2140. The smallest absolute Gasteiger partial charge is 0.246 e. The fraction of sp³-hybridized carbons (Fsp3) is 0.800. The van der Waals surface area contributed by atoms with Gasteiger partial charge in [-0.2, -0.15) is 0 Å². The van der Waals surface area contributed by atoms with Crippen LogP contribution in [-0.4, -0.2) is 167 Å². The van der Waals surface area contributed by atoms with Crippen LogP contribution in [0.2, 0.25) is 0 Å². The van der Waals surface area contributed by atoms with Crippen molar-refractivity contribution in [2.75, 3.05) is 39.5 Å². The number of nitrogens with one attached hydrogen (secondary N) is 7. The molecule has 0 rings (SSSR count). The molecule has 0 aliphatic rings. The number of Topliss-reactive ketones (excluding diaryl/α,β-unsaturated/α-hetero) is 10. The minimum atomic E-state index is -0.635. The van der Waals surface area contributed by atoms with Crippen molar-refractivity contribution in [3.05, 3.63) is 0 Å². The van der Waals surface area contributed by atoms with Gasteiger partial charge in [0.25, 0.3) is 0 Å². The summed E-state index contributed by atoms with van der Waals surface area (Å²) in [5.41, 5.74) is -0.235. The lowest BCUT2D eigenvalue weighted by Crippen LogP contribution is -2.47. The van der Waals surface area contributed by atoms with Gasteiger partial charge in [-0.15, -0.1) is 0 Å². The molecule has 0 saturated heterocycles. The van der Waals surface area contributed by atoms with Gasteiger partial charge in [0.05, 0.1) is 56.6 Å². The minimum Gasteiger partial charge on any atom is -0.378 e. The van der Waals surface area contributed by atoms with Gasteiger partial charge in [0, 0.05) is 67.2 Å². The molecule has 22 heteroatoms. The van der Waals surface area contributed by atoms with Crippen molar-refractivity contribution >= 4 is 75.6 Å². The molecule has 5 atom stereocenters. The summed E-state index contributed by atoms with van der Waals surface area (Å²) in [4.78, 5) is 146. The van der Waals surface area contributed by atoms with Crippen LogP contribution in [0.15, 0.2) is 0 Å². The Morgan fingerprint density at radius 1 is 0.345 bits per heavy atom. The van der Waals surface area contributed by atoms with E-state index in [1.54, 1.807) is 13.8 Å². The van der Waals surface area contributed by atoms with E-state index in [4.69, 9.17) is 9.47 Å². The Labute approximate surface area is 523 Å². The molecule has 3 amide bonds. The summed E-state index contributed by atoms with van der Waals surface area (Å²) in [5, 5.41) is 20.6. The zero-order chi connectivity index (χ0) is 69.3. The third-order valence-corrected chi connectivity index (χ3v) is 11.6. The van der Waals surface area contributed by atoms with Crippen molar-refractivity contribution in [2.24, 2.45) is 5.41 Å². The van der Waals surface area contributed by atoms with Gasteiger partial charge in [-0.25, -0.2) is 0 Å². The number of hydrogen-bond donors (Lipinski definition) is 7.